The largest absolute Gasteiger partial charge is 0.372 e. The summed E-state index contributed by atoms with van der Waals surface area (Å²) < 4.78 is 29.3. The molecule has 0 N–H and O–H groups in total. The molecule has 0 aliphatic carbocycles. The summed E-state index contributed by atoms with van der Waals surface area (Å²) in [6.07, 6.45) is 0. The van der Waals surface area contributed by atoms with E-state index in [9.17, 15) is 28.6 Å². The van der Waals surface area contributed by atoms with Crippen LogP contribution in [0.4, 0.5) is 11.4 Å². The van der Waals surface area contributed by atoms with E-state index in [0.717, 1.165) is 12.1 Å². The summed E-state index contributed by atoms with van der Waals surface area (Å²) in [4.78, 5) is 19.7. The van der Waals surface area contributed by atoms with Crippen molar-refractivity contribution < 1.29 is 22.4 Å². The zero-order valence-electron chi connectivity index (χ0n) is 11.7. The van der Waals surface area contributed by atoms with Crippen molar-refractivity contribution in [3.05, 3.63) is 68.3 Å². The van der Waals surface area contributed by atoms with E-state index in [4.69, 9.17) is 4.18 Å². The smallest absolute Gasteiger partial charge is 0.339 e. The Morgan fingerprint density at radius 2 is 1.65 bits per heavy atom. The van der Waals surface area contributed by atoms with Crippen molar-refractivity contribution in [2.75, 3.05) is 0 Å². The maximum absolute atomic E-state index is 12.2. The van der Waals surface area contributed by atoms with E-state index in [-0.39, 0.29) is 4.90 Å². The summed E-state index contributed by atoms with van der Waals surface area (Å²) >= 11 is 0. The Labute approximate surface area is 130 Å². The molecule has 0 bridgehead atoms. The summed E-state index contributed by atoms with van der Waals surface area (Å²) in [6.45, 7) is 1.54. The molecule has 2 rings (SSSR count). The Bertz CT molecular complexity index is 893. The standard InChI is InChI=1S/C13H10N2O7S/c1-9-4-2-3-5-13(9)23(20,21)22-12-7-6-10(14(16)17)8-11(12)15(18)19/h2-8H,1H3. The molecule has 0 saturated carbocycles. The van der Waals surface area contributed by atoms with Gasteiger partial charge in [-0.3, -0.25) is 20.2 Å². The van der Waals surface area contributed by atoms with Crippen molar-refractivity contribution in [2.24, 2.45) is 0 Å². The van der Waals surface area contributed by atoms with Crippen LogP contribution in [-0.4, -0.2) is 18.3 Å². The first-order valence-corrected chi connectivity index (χ1v) is 7.56. The number of non-ortho nitro benzene ring substituents is 1. The maximum atomic E-state index is 12.2. The fourth-order valence-electron chi connectivity index (χ4n) is 1.83. The lowest BCUT2D eigenvalue weighted by atomic mass is 10.2. The minimum absolute atomic E-state index is 0.146. The average molecular weight is 338 g/mol. The zero-order valence-corrected chi connectivity index (χ0v) is 12.5. The van der Waals surface area contributed by atoms with Gasteiger partial charge in [0, 0.05) is 6.07 Å². The van der Waals surface area contributed by atoms with Gasteiger partial charge in [-0.25, -0.2) is 0 Å². The van der Waals surface area contributed by atoms with Crippen LogP contribution in [0.1, 0.15) is 5.56 Å². The highest BCUT2D eigenvalue weighted by Gasteiger charge is 2.26. The maximum Gasteiger partial charge on any atom is 0.339 e. The average Bonchev–Trinajstić information content (AvgIpc) is 2.47. The Morgan fingerprint density at radius 3 is 2.22 bits per heavy atom. The lowest BCUT2D eigenvalue weighted by Gasteiger charge is -2.09. The molecule has 0 fully saturated rings. The first-order valence-electron chi connectivity index (χ1n) is 6.15. The number of hydrogen-bond acceptors (Lipinski definition) is 7. The number of nitro groups is 2. The van der Waals surface area contributed by atoms with Gasteiger partial charge in [-0.2, -0.15) is 8.42 Å². The van der Waals surface area contributed by atoms with Crippen LogP contribution < -0.4 is 4.18 Å². The van der Waals surface area contributed by atoms with Crippen LogP contribution in [0.3, 0.4) is 0 Å². The highest BCUT2D eigenvalue weighted by atomic mass is 32.2. The Kier molecular flexibility index (Phi) is 4.27. The summed E-state index contributed by atoms with van der Waals surface area (Å²) in [7, 11) is -4.31. The topological polar surface area (TPSA) is 130 Å². The fraction of sp³-hybridized carbons (Fsp3) is 0.0769. The van der Waals surface area contributed by atoms with Gasteiger partial charge in [0.25, 0.3) is 5.69 Å². The molecule has 0 heterocycles. The molecule has 10 heteroatoms. The van der Waals surface area contributed by atoms with E-state index >= 15 is 0 Å². The van der Waals surface area contributed by atoms with Gasteiger partial charge in [-0.15, -0.1) is 0 Å². The molecule has 0 amide bonds. The number of benzene rings is 2. The molecule has 0 atom stereocenters. The van der Waals surface area contributed by atoms with Crippen LogP contribution in [0, 0.1) is 27.2 Å². The lowest BCUT2D eigenvalue weighted by molar-refractivity contribution is -0.394. The van der Waals surface area contributed by atoms with Crippen molar-refractivity contribution in [1.29, 1.82) is 0 Å². The molecule has 2 aromatic carbocycles. The van der Waals surface area contributed by atoms with E-state index in [0.29, 0.717) is 11.6 Å². The minimum atomic E-state index is -4.31. The van der Waals surface area contributed by atoms with Gasteiger partial charge >= 0.3 is 15.8 Å². The summed E-state index contributed by atoms with van der Waals surface area (Å²) in [5.41, 5.74) is -0.953. The molecule has 0 aromatic heterocycles. The molecule has 0 spiro atoms. The van der Waals surface area contributed by atoms with Crippen molar-refractivity contribution in [1.82, 2.24) is 0 Å². The van der Waals surface area contributed by atoms with E-state index < -0.39 is 37.1 Å². The van der Waals surface area contributed by atoms with Crippen LogP contribution in [0.25, 0.3) is 0 Å². The van der Waals surface area contributed by atoms with Gasteiger partial charge < -0.3 is 4.18 Å². The second kappa shape index (κ2) is 6.01. The highest BCUT2D eigenvalue weighted by molar-refractivity contribution is 7.87. The second-order valence-electron chi connectivity index (χ2n) is 4.47. The molecule has 0 aliphatic heterocycles. The van der Waals surface area contributed by atoms with Gasteiger partial charge in [0.1, 0.15) is 4.90 Å². The number of nitrogens with zero attached hydrogens (tertiary/aromatic N) is 2. The molecule has 2 aromatic rings. The Morgan fingerprint density at radius 1 is 1.00 bits per heavy atom. The van der Waals surface area contributed by atoms with Gasteiger partial charge in [-0.05, 0) is 24.6 Å². The number of hydrogen-bond donors (Lipinski definition) is 0. The van der Waals surface area contributed by atoms with E-state index in [1.807, 2.05) is 0 Å². The molecule has 120 valence electrons. The minimum Gasteiger partial charge on any atom is -0.372 e. The Hall–Kier alpha value is -3.01. The quantitative estimate of drug-likeness (QED) is 0.465. The number of rotatable bonds is 5. The molecule has 9 nitrogen and oxygen atoms in total. The molecule has 0 radical (unpaired) electrons. The summed E-state index contributed by atoms with van der Waals surface area (Å²) in [5, 5.41) is 21.7. The van der Waals surface area contributed by atoms with Crippen LogP contribution in [-0.2, 0) is 10.1 Å². The molecule has 23 heavy (non-hydrogen) atoms. The second-order valence-corrected chi connectivity index (χ2v) is 5.98. The summed E-state index contributed by atoms with van der Waals surface area (Å²) in [5.74, 6) is -0.594. The molecule has 0 aliphatic rings. The van der Waals surface area contributed by atoms with Crippen molar-refractivity contribution >= 4 is 21.5 Å². The number of nitro benzene ring substituents is 2. The summed E-state index contributed by atoms with van der Waals surface area (Å²) in [6, 6.07) is 8.39. The first kappa shape index (κ1) is 16.4. The van der Waals surface area contributed by atoms with Crippen molar-refractivity contribution in [2.45, 2.75) is 11.8 Å². The molecular formula is C13H10N2O7S. The third-order valence-electron chi connectivity index (χ3n) is 2.91. The van der Waals surface area contributed by atoms with Crippen LogP contribution in [0.15, 0.2) is 47.4 Å². The van der Waals surface area contributed by atoms with Crippen LogP contribution in [0.5, 0.6) is 5.75 Å². The third kappa shape index (κ3) is 3.43. The van der Waals surface area contributed by atoms with E-state index in [1.54, 1.807) is 19.1 Å². The predicted octanol–water partition coefficient (Wildman–Crippen LogP) is 2.58. The number of aryl methyl sites for hydroxylation is 1. The normalized spacial score (nSPS) is 11.0. The predicted molar refractivity (Wildman–Crippen MR) is 78.7 cm³/mol. The third-order valence-corrected chi connectivity index (χ3v) is 4.31. The SMILES string of the molecule is Cc1ccccc1S(=O)(=O)Oc1ccc([N+](=O)[O-])cc1[N+](=O)[O-]. The fourth-order valence-corrected chi connectivity index (χ4v) is 3.01. The molecular weight excluding hydrogens is 328 g/mol. The lowest BCUT2D eigenvalue weighted by Crippen LogP contribution is -2.12. The van der Waals surface area contributed by atoms with Crippen molar-refractivity contribution in [3.63, 3.8) is 0 Å². The van der Waals surface area contributed by atoms with E-state index in [2.05, 4.69) is 0 Å². The van der Waals surface area contributed by atoms with Gasteiger partial charge in [0.05, 0.1) is 15.9 Å². The molecule has 0 unspecified atom stereocenters. The Balaban J connectivity index is 2.49. The monoisotopic (exact) mass is 338 g/mol. The van der Waals surface area contributed by atoms with Gasteiger partial charge in [0.2, 0.25) is 5.75 Å². The first-order chi connectivity index (χ1) is 10.7. The van der Waals surface area contributed by atoms with Crippen molar-refractivity contribution in [3.8, 4) is 5.75 Å². The van der Waals surface area contributed by atoms with Crippen LogP contribution in [0.2, 0.25) is 0 Å². The highest BCUT2D eigenvalue weighted by Crippen LogP contribution is 2.33. The molecule has 0 saturated heterocycles. The van der Waals surface area contributed by atoms with E-state index in [1.165, 1.54) is 12.1 Å². The zero-order chi connectivity index (χ0) is 17.2. The van der Waals surface area contributed by atoms with Gasteiger partial charge in [-0.1, -0.05) is 18.2 Å². The van der Waals surface area contributed by atoms with Gasteiger partial charge in [0.15, 0.2) is 0 Å². The van der Waals surface area contributed by atoms with Crippen LogP contribution >= 0.6 is 0 Å².